The van der Waals surface area contributed by atoms with Gasteiger partial charge in [-0.05, 0) is 37.1 Å². The normalized spacial score (nSPS) is 16.5. The Bertz CT molecular complexity index is 941. The van der Waals surface area contributed by atoms with Crippen molar-refractivity contribution in [2.24, 2.45) is 0 Å². The molecule has 2 aromatic rings. The number of aromatic nitrogens is 2. The Hall–Kier alpha value is -2.99. The number of hydrogen-bond acceptors (Lipinski definition) is 6. The topological polar surface area (TPSA) is 93.6 Å². The lowest BCUT2D eigenvalue weighted by atomic mass is 10.0. The molecule has 2 amide bonds. The molecule has 0 aliphatic carbocycles. The average Bonchev–Trinajstić information content (AvgIpc) is 2.77. The second kappa shape index (κ2) is 10.8. The summed E-state index contributed by atoms with van der Waals surface area (Å²) < 4.78 is 60.5. The summed E-state index contributed by atoms with van der Waals surface area (Å²) in [4.78, 5) is 34.5. The number of carbonyl (C=O) groups is 2. The van der Waals surface area contributed by atoms with Crippen LogP contribution in [0.4, 0.5) is 23.2 Å². The van der Waals surface area contributed by atoms with Crippen LogP contribution in [0.25, 0.3) is 0 Å². The van der Waals surface area contributed by atoms with Gasteiger partial charge in [-0.2, -0.15) is 0 Å². The van der Waals surface area contributed by atoms with Crippen LogP contribution in [-0.4, -0.2) is 53.0 Å². The minimum absolute atomic E-state index is 0.0891. The molecule has 1 aliphatic heterocycles. The van der Waals surface area contributed by atoms with Crippen LogP contribution in [0, 0.1) is 0 Å². The van der Waals surface area contributed by atoms with Crippen LogP contribution in [0.15, 0.2) is 43.0 Å². The van der Waals surface area contributed by atoms with Gasteiger partial charge in [-0.1, -0.05) is 11.6 Å². The quantitative estimate of drug-likeness (QED) is 0.473. The predicted molar refractivity (Wildman–Crippen MR) is 108 cm³/mol. The predicted octanol–water partition coefficient (Wildman–Crippen LogP) is 3.28. The third-order valence-corrected chi connectivity index (χ3v) is 4.93. The molecule has 3 rings (SSSR count). The van der Waals surface area contributed by atoms with E-state index in [0.717, 1.165) is 29.2 Å². The van der Waals surface area contributed by atoms with Crippen LogP contribution in [0.2, 0.25) is 0 Å². The molecule has 1 aliphatic rings. The zero-order chi connectivity index (χ0) is 24.0. The molecule has 1 N–H and O–H groups in total. The molecule has 178 valence electrons. The fourth-order valence-electron chi connectivity index (χ4n) is 3.31. The largest absolute Gasteiger partial charge is 0.573 e. The number of ether oxygens (including phenoxy) is 2. The standard InChI is InChI=1S/C20H19ClF4N4O4/c21-17(22)19(31)29(14-1-3-15(4-2-14)33-20(23,24)25)16(12-9-26-11-27-10-12)18(30)28-13-5-7-32-8-6-13/h1-4,9-11,13,16-17H,5-8H2,(H,28,30)/t16-,17+/m1/s1. The summed E-state index contributed by atoms with van der Waals surface area (Å²) in [6.45, 7) is 0.864. The van der Waals surface area contributed by atoms with Gasteiger partial charge in [0.05, 0.1) is 0 Å². The maximum absolute atomic E-state index is 14.0. The van der Waals surface area contributed by atoms with Gasteiger partial charge in [0.2, 0.25) is 5.91 Å². The molecule has 33 heavy (non-hydrogen) atoms. The van der Waals surface area contributed by atoms with E-state index in [9.17, 15) is 27.2 Å². The number of carbonyl (C=O) groups excluding carboxylic acids is 2. The summed E-state index contributed by atoms with van der Waals surface area (Å²) in [6.07, 6.45) is -0.129. The summed E-state index contributed by atoms with van der Waals surface area (Å²) in [5.74, 6) is -2.53. The van der Waals surface area contributed by atoms with Crippen molar-refractivity contribution in [3.05, 3.63) is 48.5 Å². The molecular formula is C20H19ClF4N4O4. The van der Waals surface area contributed by atoms with Crippen molar-refractivity contribution < 1.29 is 36.6 Å². The van der Waals surface area contributed by atoms with E-state index < -0.39 is 35.6 Å². The highest BCUT2D eigenvalue weighted by molar-refractivity contribution is 6.32. The maximum atomic E-state index is 14.0. The zero-order valence-corrected chi connectivity index (χ0v) is 17.7. The van der Waals surface area contributed by atoms with Crippen LogP contribution >= 0.6 is 11.6 Å². The van der Waals surface area contributed by atoms with Gasteiger partial charge in [-0.3, -0.25) is 14.5 Å². The molecule has 2 atom stereocenters. The highest BCUT2D eigenvalue weighted by Gasteiger charge is 2.37. The summed E-state index contributed by atoms with van der Waals surface area (Å²) in [5.41, 5.74) is -2.48. The maximum Gasteiger partial charge on any atom is 0.573 e. The minimum Gasteiger partial charge on any atom is -0.406 e. The van der Waals surface area contributed by atoms with Crippen molar-refractivity contribution in [3.63, 3.8) is 0 Å². The molecular weight excluding hydrogens is 472 g/mol. The highest BCUT2D eigenvalue weighted by Crippen LogP contribution is 2.32. The number of anilines is 1. The Balaban J connectivity index is 1.99. The smallest absolute Gasteiger partial charge is 0.406 e. The molecule has 1 fully saturated rings. The first-order valence-electron chi connectivity index (χ1n) is 9.76. The summed E-state index contributed by atoms with van der Waals surface area (Å²) >= 11 is 5.41. The highest BCUT2D eigenvalue weighted by atomic mass is 35.5. The van der Waals surface area contributed by atoms with E-state index in [4.69, 9.17) is 16.3 Å². The van der Waals surface area contributed by atoms with Crippen molar-refractivity contribution in [2.45, 2.75) is 36.9 Å². The summed E-state index contributed by atoms with van der Waals surface area (Å²) in [7, 11) is 0. The number of amides is 2. The molecule has 1 saturated heterocycles. The van der Waals surface area contributed by atoms with E-state index in [0.29, 0.717) is 26.1 Å². The number of nitrogens with one attached hydrogen (secondary N) is 1. The lowest BCUT2D eigenvalue weighted by Gasteiger charge is -2.33. The number of hydrogen-bond donors (Lipinski definition) is 1. The van der Waals surface area contributed by atoms with Crippen molar-refractivity contribution in [3.8, 4) is 5.75 Å². The van der Waals surface area contributed by atoms with Crippen molar-refractivity contribution in [1.82, 2.24) is 15.3 Å². The number of rotatable bonds is 7. The van der Waals surface area contributed by atoms with Crippen molar-refractivity contribution >= 4 is 29.1 Å². The Morgan fingerprint density at radius 1 is 1.15 bits per heavy atom. The van der Waals surface area contributed by atoms with E-state index in [1.54, 1.807) is 0 Å². The van der Waals surface area contributed by atoms with Crippen LogP contribution in [0.5, 0.6) is 5.75 Å². The number of nitrogens with zero attached hydrogens (tertiary/aromatic N) is 3. The Labute approximate surface area is 190 Å². The molecule has 0 spiro atoms. The summed E-state index contributed by atoms with van der Waals surface area (Å²) in [6, 6.07) is 2.31. The average molecular weight is 491 g/mol. The monoisotopic (exact) mass is 490 g/mol. The van der Waals surface area contributed by atoms with E-state index in [1.807, 2.05) is 0 Å². The second-order valence-electron chi connectivity index (χ2n) is 7.02. The molecule has 0 saturated carbocycles. The Kier molecular flexibility index (Phi) is 8.03. The fraction of sp³-hybridized carbons (Fsp3) is 0.400. The van der Waals surface area contributed by atoms with E-state index in [1.165, 1.54) is 18.7 Å². The lowest BCUT2D eigenvalue weighted by Crippen LogP contribution is -2.49. The Morgan fingerprint density at radius 3 is 2.30 bits per heavy atom. The first kappa shape index (κ1) is 24.6. The third kappa shape index (κ3) is 6.75. The molecule has 0 radical (unpaired) electrons. The lowest BCUT2D eigenvalue weighted by molar-refractivity contribution is -0.274. The molecule has 13 heteroatoms. The molecule has 1 aromatic carbocycles. The zero-order valence-electron chi connectivity index (χ0n) is 17.0. The SMILES string of the molecule is O=C(NC1CCOCC1)[C@@H](c1cncnc1)N(C(=O)[C@H](F)Cl)c1ccc(OC(F)(F)F)cc1. The van der Waals surface area contributed by atoms with Gasteiger partial charge in [0.15, 0.2) is 0 Å². The molecule has 0 unspecified atom stereocenters. The van der Waals surface area contributed by atoms with Crippen LogP contribution in [0.3, 0.4) is 0 Å². The van der Waals surface area contributed by atoms with Gasteiger partial charge < -0.3 is 14.8 Å². The minimum atomic E-state index is -4.93. The van der Waals surface area contributed by atoms with Gasteiger partial charge in [0.25, 0.3) is 11.5 Å². The van der Waals surface area contributed by atoms with Crippen LogP contribution in [0.1, 0.15) is 24.4 Å². The van der Waals surface area contributed by atoms with E-state index >= 15 is 0 Å². The van der Waals surface area contributed by atoms with Gasteiger partial charge in [0, 0.05) is 42.9 Å². The molecule has 0 bridgehead atoms. The number of halogens is 5. The summed E-state index contributed by atoms with van der Waals surface area (Å²) in [5, 5.41) is 2.80. The van der Waals surface area contributed by atoms with Gasteiger partial charge in [-0.15, -0.1) is 13.2 Å². The number of alkyl halides is 5. The van der Waals surface area contributed by atoms with Crippen molar-refractivity contribution in [1.29, 1.82) is 0 Å². The molecule has 2 heterocycles. The second-order valence-corrected chi connectivity index (χ2v) is 7.40. The fourth-order valence-corrected chi connectivity index (χ4v) is 3.41. The van der Waals surface area contributed by atoms with Gasteiger partial charge in [0.1, 0.15) is 18.1 Å². The van der Waals surface area contributed by atoms with Crippen LogP contribution in [-0.2, 0) is 14.3 Å². The molecule has 8 nitrogen and oxygen atoms in total. The number of benzene rings is 1. The van der Waals surface area contributed by atoms with Gasteiger partial charge >= 0.3 is 6.36 Å². The van der Waals surface area contributed by atoms with Crippen LogP contribution < -0.4 is 15.0 Å². The Morgan fingerprint density at radius 2 is 1.76 bits per heavy atom. The van der Waals surface area contributed by atoms with E-state index in [2.05, 4.69) is 20.0 Å². The first-order valence-corrected chi connectivity index (χ1v) is 10.2. The van der Waals surface area contributed by atoms with E-state index in [-0.39, 0.29) is 17.3 Å². The molecule has 1 aromatic heterocycles. The van der Waals surface area contributed by atoms with Crippen molar-refractivity contribution in [2.75, 3.05) is 18.1 Å². The first-order chi connectivity index (χ1) is 15.7. The third-order valence-electron chi connectivity index (χ3n) is 4.74. The van der Waals surface area contributed by atoms with Gasteiger partial charge in [-0.25, -0.2) is 14.4 Å².